The molecule has 1 saturated heterocycles. The van der Waals surface area contributed by atoms with Gasteiger partial charge in [0, 0.05) is 24.4 Å². The molecule has 0 amide bonds. The van der Waals surface area contributed by atoms with Crippen LogP contribution in [0.4, 0.5) is 0 Å². The minimum atomic E-state index is -0.0538. The largest absolute Gasteiger partial charge is 0.490 e. The molecule has 31 heavy (non-hydrogen) atoms. The molecule has 2 N–H and O–H groups in total. The van der Waals surface area contributed by atoms with Gasteiger partial charge in [-0.15, -0.1) is 0 Å². The van der Waals surface area contributed by atoms with Crippen LogP contribution in [0.15, 0.2) is 29.2 Å². The number of aryl methyl sites for hydroxylation is 1. The molecule has 1 aromatic heterocycles. The number of Topliss-reactive ketones (excluding diaryl/α,β-unsaturated/α-hetero) is 1. The first-order valence-electron chi connectivity index (χ1n) is 12.1. The zero-order chi connectivity index (χ0) is 21.6. The first kappa shape index (κ1) is 22.1. The summed E-state index contributed by atoms with van der Waals surface area (Å²) in [4.78, 5) is 27.0. The number of piperidine rings is 1. The van der Waals surface area contributed by atoms with Gasteiger partial charge in [0.2, 0.25) is 0 Å². The van der Waals surface area contributed by atoms with Crippen molar-refractivity contribution in [1.29, 1.82) is 0 Å². The van der Waals surface area contributed by atoms with E-state index >= 15 is 0 Å². The van der Waals surface area contributed by atoms with Gasteiger partial charge in [0.15, 0.2) is 0 Å². The normalized spacial score (nSPS) is 22.5. The van der Waals surface area contributed by atoms with E-state index in [1.165, 1.54) is 19.3 Å². The van der Waals surface area contributed by atoms with E-state index in [9.17, 15) is 9.59 Å². The lowest BCUT2D eigenvalue weighted by molar-refractivity contribution is -0.120. The van der Waals surface area contributed by atoms with Crippen molar-refractivity contribution in [3.05, 3.63) is 40.3 Å². The molecule has 1 aliphatic carbocycles. The highest BCUT2D eigenvalue weighted by Crippen LogP contribution is 2.33. The van der Waals surface area contributed by atoms with Crippen molar-refractivity contribution in [1.82, 2.24) is 10.3 Å². The average molecular weight is 425 g/mol. The Bertz CT molecular complexity index is 937. The van der Waals surface area contributed by atoms with Crippen molar-refractivity contribution in [2.24, 2.45) is 11.8 Å². The number of ether oxygens (including phenoxy) is 1. The van der Waals surface area contributed by atoms with Gasteiger partial charge in [-0.2, -0.15) is 0 Å². The Balaban J connectivity index is 1.19. The lowest BCUT2D eigenvalue weighted by Gasteiger charge is -2.29. The van der Waals surface area contributed by atoms with Crippen molar-refractivity contribution < 1.29 is 9.53 Å². The fourth-order valence-electron chi connectivity index (χ4n) is 5.27. The smallest absolute Gasteiger partial charge is 0.255 e. The number of ketones is 1. The van der Waals surface area contributed by atoms with Gasteiger partial charge in [0.05, 0.1) is 6.10 Å². The molecule has 4 rings (SSSR count). The van der Waals surface area contributed by atoms with E-state index in [0.29, 0.717) is 17.1 Å². The van der Waals surface area contributed by atoms with Gasteiger partial charge in [-0.3, -0.25) is 9.59 Å². The number of fused-ring (bicyclic) bond motifs is 1. The molecule has 168 valence electrons. The standard InChI is InChI=1S/C26H36N2O3/c1-18-15-24-21(11-14-28-26(24)30)17-25(18)31-23-7-5-19(6-8-23)3-2-4-22(29)16-20-9-12-27-13-10-20/h11,14-15,17,19-20,23,27H,2-10,12-13,16H2,1H3,(H,28,30). The summed E-state index contributed by atoms with van der Waals surface area (Å²) >= 11 is 0. The van der Waals surface area contributed by atoms with E-state index in [4.69, 9.17) is 4.74 Å². The summed E-state index contributed by atoms with van der Waals surface area (Å²) in [6.45, 7) is 4.15. The van der Waals surface area contributed by atoms with Crippen LogP contribution in [-0.2, 0) is 4.79 Å². The highest BCUT2D eigenvalue weighted by Gasteiger charge is 2.23. The fraction of sp³-hybridized carbons (Fsp3) is 0.615. The molecular weight excluding hydrogens is 388 g/mol. The van der Waals surface area contributed by atoms with Crippen molar-refractivity contribution in [3.63, 3.8) is 0 Å². The van der Waals surface area contributed by atoms with E-state index in [-0.39, 0.29) is 11.7 Å². The summed E-state index contributed by atoms with van der Waals surface area (Å²) in [6.07, 6.45) is 12.5. The second-order valence-corrected chi connectivity index (χ2v) is 9.60. The van der Waals surface area contributed by atoms with Gasteiger partial charge in [0.25, 0.3) is 5.56 Å². The Morgan fingerprint density at radius 1 is 1.06 bits per heavy atom. The molecule has 0 spiro atoms. The number of aromatic amines is 1. The van der Waals surface area contributed by atoms with Crippen LogP contribution < -0.4 is 15.6 Å². The molecule has 0 bridgehead atoms. The SMILES string of the molecule is Cc1cc2c(=O)[nH]ccc2cc1OC1CCC(CCCC(=O)CC2CCNCC2)CC1. The van der Waals surface area contributed by atoms with Gasteiger partial charge < -0.3 is 15.0 Å². The minimum absolute atomic E-state index is 0.0538. The molecule has 2 aromatic rings. The van der Waals surface area contributed by atoms with Crippen molar-refractivity contribution in [2.75, 3.05) is 13.1 Å². The van der Waals surface area contributed by atoms with E-state index in [1.807, 2.05) is 25.1 Å². The number of carbonyl (C=O) groups excluding carboxylic acids is 1. The minimum Gasteiger partial charge on any atom is -0.490 e. The molecule has 0 atom stereocenters. The average Bonchev–Trinajstić information content (AvgIpc) is 2.77. The maximum absolute atomic E-state index is 12.3. The van der Waals surface area contributed by atoms with Gasteiger partial charge in [-0.25, -0.2) is 0 Å². The third kappa shape index (κ3) is 5.97. The first-order chi connectivity index (χ1) is 15.1. The number of aromatic nitrogens is 1. The second-order valence-electron chi connectivity index (χ2n) is 9.60. The zero-order valence-electron chi connectivity index (χ0n) is 18.8. The number of H-pyrrole nitrogens is 1. The highest BCUT2D eigenvalue weighted by atomic mass is 16.5. The quantitative estimate of drug-likeness (QED) is 0.632. The van der Waals surface area contributed by atoms with Crippen molar-refractivity contribution in [2.45, 2.75) is 77.2 Å². The van der Waals surface area contributed by atoms with Crippen LogP contribution in [0.3, 0.4) is 0 Å². The molecule has 5 nitrogen and oxygen atoms in total. The number of pyridine rings is 1. The number of nitrogens with one attached hydrogen (secondary N) is 2. The number of benzene rings is 1. The number of carbonyl (C=O) groups is 1. The summed E-state index contributed by atoms with van der Waals surface area (Å²) in [6, 6.07) is 5.85. The van der Waals surface area contributed by atoms with Crippen molar-refractivity contribution >= 4 is 16.6 Å². The lowest BCUT2D eigenvalue weighted by Crippen LogP contribution is -2.28. The molecule has 1 saturated carbocycles. The maximum Gasteiger partial charge on any atom is 0.255 e. The molecule has 0 unspecified atom stereocenters. The Morgan fingerprint density at radius 2 is 1.84 bits per heavy atom. The van der Waals surface area contributed by atoms with Crippen LogP contribution >= 0.6 is 0 Å². The second kappa shape index (κ2) is 10.4. The molecule has 1 aliphatic heterocycles. The summed E-state index contributed by atoms with van der Waals surface area (Å²) < 4.78 is 6.34. The summed E-state index contributed by atoms with van der Waals surface area (Å²) in [5.41, 5.74) is 0.959. The Morgan fingerprint density at radius 3 is 2.61 bits per heavy atom. The highest BCUT2D eigenvalue weighted by molar-refractivity contribution is 5.83. The van der Waals surface area contributed by atoms with Gasteiger partial charge in [-0.1, -0.05) is 6.42 Å². The lowest BCUT2D eigenvalue weighted by atomic mass is 9.83. The molecule has 2 fully saturated rings. The number of rotatable bonds is 8. The third-order valence-corrected chi connectivity index (χ3v) is 7.20. The third-order valence-electron chi connectivity index (χ3n) is 7.20. The summed E-state index contributed by atoms with van der Waals surface area (Å²) in [7, 11) is 0. The molecule has 0 radical (unpaired) electrons. The zero-order valence-corrected chi connectivity index (χ0v) is 18.8. The number of hydrogen-bond acceptors (Lipinski definition) is 4. The summed E-state index contributed by atoms with van der Waals surface area (Å²) in [5.74, 6) is 2.70. The van der Waals surface area contributed by atoms with Gasteiger partial charge >= 0.3 is 0 Å². The van der Waals surface area contributed by atoms with Crippen LogP contribution in [0.5, 0.6) is 5.75 Å². The topological polar surface area (TPSA) is 71.2 Å². The molecule has 2 aliphatic rings. The molecule has 5 heteroatoms. The fourth-order valence-corrected chi connectivity index (χ4v) is 5.27. The Hall–Kier alpha value is -2.14. The van der Waals surface area contributed by atoms with E-state index in [1.54, 1.807) is 6.20 Å². The predicted molar refractivity (Wildman–Crippen MR) is 125 cm³/mol. The summed E-state index contributed by atoms with van der Waals surface area (Å²) in [5, 5.41) is 5.01. The van der Waals surface area contributed by atoms with E-state index in [0.717, 1.165) is 80.7 Å². The van der Waals surface area contributed by atoms with Crippen LogP contribution in [0, 0.1) is 18.8 Å². The monoisotopic (exact) mass is 424 g/mol. The molecule has 1 aromatic carbocycles. The van der Waals surface area contributed by atoms with Crippen LogP contribution in [-0.4, -0.2) is 30.0 Å². The van der Waals surface area contributed by atoms with E-state index < -0.39 is 0 Å². The maximum atomic E-state index is 12.3. The predicted octanol–water partition coefficient (Wildman–Crippen LogP) is 4.90. The number of hydrogen-bond donors (Lipinski definition) is 2. The van der Waals surface area contributed by atoms with Crippen LogP contribution in [0.25, 0.3) is 10.8 Å². The Labute approximate surface area is 185 Å². The van der Waals surface area contributed by atoms with Crippen LogP contribution in [0.2, 0.25) is 0 Å². The van der Waals surface area contributed by atoms with E-state index in [2.05, 4.69) is 10.3 Å². The van der Waals surface area contributed by atoms with Gasteiger partial charge in [-0.05, 0) is 106 Å². The molecule has 2 heterocycles. The van der Waals surface area contributed by atoms with Crippen LogP contribution in [0.1, 0.15) is 69.8 Å². The first-order valence-corrected chi connectivity index (χ1v) is 12.1. The molecular formula is C26H36N2O3. The van der Waals surface area contributed by atoms with Crippen molar-refractivity contribution in [3.8, 4) is 5.75 Å². The van der Waals surface area contributed by atoms with Gasteiger partial charge in [0.1, 0.15) is 11.5 Å². The Kier molecular flexibility index (Phi) is 7.44.